The molecule has 4 rings (SSSR count). The molecule has 2 atom stereocenters. The number of hydrogen-bond donors (Lipinski definition) is 0. The lowest BCUT2D eigenvalue weighted by molar-refractivity contribution is -0.0106. The minimum absolute atomic E-state index is 0.0630. The zero-order chi connectivity index (χ0) is 21.6. The van der Waals surface area contributed by atoms with E-state index in [4.69, 9.17) is 44.3 Å². The smallest absolute Gasteiger partial charge is 0.148 e. The molecular formula is C25H24Cl3NO2. The molecule has 162 valence electrons. The van der Waals surface area contributed by atoms with Crippen molar-refractivity contribution in [3.05, 3.63) is 93.4 Å². The van der Waals surface area contributed by atoms with Crippen LogP contribution >= 0.6 is 34.8 Å². The molecule has 0 aromatic heterocycles. The molecule has 3 aromatic rings. The Bertz CT molecular complexity index is 979. The first-order chi connectivity index (χ1) is 15.0. The van der Waals surface area contributed by atoms with Crippen LogP contribution in [0.3, 0.4) is 0 Å². The Morgan fingerprint density at radius 2 is 1.42 bits per heavy atom. The molecule has 0 unspecified atom stereocenters. The highest BCUT2D eigenvalue weighted by Gasteiger charge is 2.32. The molecule has 1 saturated heterocycles. The lowest BCUT2D eigenvalue weighted by Crippen LogP contribution is -2.52. The largest absolute Gasteiger partial charge is 0.486 e. The van der Waals surface area contributed by atoms with Gasteiger partial charge >= 0.3 is 0 Å². The van der Waals surface area contributed by atoms with Gasteiger partial charge in [-0.3, -0.25) is 4.90 Å². The first-order valence-electron chi connectivity index (χ1n) is 10.4. The third-order valence-electron chi connectivity index (χ3n) is 5.40. The van der Waals surface area contributed by atoms with Crippen LogP contribution in [0.25, 0.3) is 0 Å². The highest BCUT2D eigenvalue weighted by atomic mass is 35.5. The molecule has 1 heterocycles. The average molecular weight is 477 g/mol. The first-order valence-corrected chi connectivity index (χ1v) is 11.5. The zero-order valence-corrected chi connectivity index (χ0v) is 19.3. The van der Waals surface area contributed by atoms with Crippen LogP contribution in [0.15, 0.2) is 72.8 Å². The van der Waals surface area contributed by atoms with Crippen molar-refractivity contribution >= 4 is 34.8 Å². The lowest BCUT2D eigenvalue weighted by Gasteiger charge is -2.38. The van der Waals surface area contributed by atoms with Gasteiger partial charge in [0.1, 0.15) is 23.7 Å². The summed E-state index contributed by atoms with van der Waals surface area (Å²) in [4.78, 5) is 2.42. The third-order valence-corrected chi connectivity index (χ3v) is 6.14. The minimum Gasteiger partial charge on any atom is -0.486 e. The number of hydrogen-bond acceptors (Lipinski definition) is 3. The summed E-state index contributed by atoms with van der Waals surface area (Å²) in [7, 11) is 0. The fourth-order valence-corrected chi connectivity index (χ4v) is 4.18. The highest BCUT2D eigenvalue weighted by molar-refractivity contribution is 6.31. The van der Waals surface area contributed by atoms with Crippen molar-refractivity contribution in [3.63, 3.8) is 0 Å². The van der Waals surface area contributed by atoms with Crippen molar-refractivity contribution in [1.82, 2.24) is 4.90 Å². The SMILES string of the molecule is Clc1ccc(CCN2CC[C@H](Oc3ccc(Cl)cc3)[C@H](Oc3cccc(Cl)c3)C2)cc1. The molecular weight excluding hydrogens is 453 g/mol. The van der Waals surface area contributed by atoms with Crippen LogP contribution in [0.2, 0.25) is 15.1 Å². The van der Waals surface area contributed by atoms with Crippen molar-refractivity contribution in [1.29, 1.82) is 0 Å². The van der Waals surface area contributed by atoms with E-state index in [0.717, 1.165) is 49.0 Å². The second-order valence-electron chi connectivity index (χ2n) is 7.69. The minimum atomic E-state index is -0.117. The number of benzene rings is 3. The van der Waals surface area contributed by atoms with E-state index in [1.807, 2.05) is 60.7 Å². The van der Waals surface area contributed by atoms with Crippen molar-refractivity contribution in [2.24, 2.45) is 0 Å². The molecule has 0 N–H and O–H groups in total. The molecule has 0 aliphatic carbocycles. The van der Waals surface area contributed by atoms with E-state index in [-0.39, 0.29) is 12.2 Å². The second kappa shape index (κ2) is 10.6. The van der Waals surface area contributed by atoms with Crippen molar-refractivity contribution in [3.8, 4) is 11.5 Å². The van der Waals surface area contributed by atoms with Gasteiger partial charge in [-0.15, -0.1) is 0 Å². The molecule has 6 heteroatoms. The summed E-state index contributed by atoms with van der Waals surface area (Å²) in [5.41, 5.74) is 1.27. The van der Waals surface area contributed by atoms with Gasteiger partial charge in [-0.2, -0.15) is 0 Å². The predicted octanol–water partition coefficient (Wildman–Crippen LogP) is 6.79. The van der Waals surface area contributed by atoms with Crippen LogP contribution < -0.4 is 9.47 Å². The Labute approximate surface area is 198 Å². The summed E-state index contributed by atoms with van der Waals surface area (Å²) in [6.45, 7) is 2.67. The number of nitrogens with zero attached hydrogens (tertiary/aromatic N) is 1. The average Bonchev–Trinajstić information content (AvgIpc) is 2.76. The second-order valence-corrected chi connectivity index (χ2v) is 9.00. The first kappa shape index (κ1) is 22.3. The summed E-state index contributed by atoms with van der Waals surface area (Å²) in [6.07, 6.45) is 1.65. The number of halogens is 3. The van der Waals surface area contributed by atoms with Gasteiger partial charge < -0.3 is 9.47 Å². The van der Waals surface area contributed by atoms with E-state index in [9.17, 15) is 0 Å². The molecule has 0 spiro atoms. The summed E-state index contributed by atoms with van der Waals surface area (Å²) in [6, 6.07) is 23.0. The molecule has 0 saturated carbocycles. The maximum absolute atomic E-state index is 6.35. The van der Waals surface area contributed by atoms with Crippen LogP contribution in [0, 0.1) is 0 Å². The monoisotopic (exact) mass is 475 g/mol. The van der Waals surface area contributed by atoms with E-state index < -0.39 is 0 Å². The Kier molecular flexibility index (Phi) is 7.62. The molecule has 31 heavy (non-hydrogen) atoms. The van der Waals surface area contributed by atoms with Gasteiger partial charge in [0.2, 0.25) is 0 Å². The Balaban J connectivity index is 1.43. The number of piperidine rings is 1. The topological polar surface area (TPSA) is 21.7 Å². The standard InChI is InChI=1S/C25H24Cl3NO2/c26-19-6-4-18(5-7-19)12-14-29-15-13-24(30-22-10-8-20(27)9-11-22)25(17-29)31-23-3-1-2-21(28)16-23/h1-11,16,24-25H,12-15,17H2/t24-,25+/m0/s1. The van der Waals surface area contributed by atoms with Crippen LogP contribution in [0.1, 0.15) is 12.0 Å². The van der Waals surface area contributed by atoms with E-state index in [1.54, 1.807) is 0 Å². The molecule has 0 amide bonds. The fraction of sp³-hybridized carbons (Fsp3) is 0.280. The Hall–Kier alpha value is -1.91. The van der Waals surface area contributed by atoms with Crippen molar-refractivity contribution in [2.45, 2.75) is 25.0 Å². The van der Waals surface area contributed by atoms with Crippen LogP contribution in [0.4, 0.5) is 0 Å². The van der Waals surface area contributed by atoms with Gasteiger partial charge in [0, 0.05) is 41.1 Å². The van der Waals surface area contributed by atoms with Crippen molar-refractivity contribution < 1.29 is 9.47 Å². The lowest BCUT2D eigenvalue weighted by atomic mass is 10.0. The van der Waals surface area contributed by atoms with Gasteiger partial charge in [-0.25, -0.2) is 0 Å². The van der Waals surface area contributed by atoms with Gasteiger partial charge in [-0.05, 0) is 66.6 Å². The maximum atomic E-state index is 6.35. The molecule has 1 aliphatic rings. The highest BCUT2D eigenvalue weighted by Crippen LogP contribution is 2.26. The quantitative estimate of drug-likeness (QED) is 0.375. The van der Waals surface area contributed by atoms with E-state index in [1.165, 1.54) is 5.56 Å². The van der Waals surface area contributed by atoms with Gasteiger partial charge in [-0.1, -0.05) is 53.0 Å². The third kappa shape index (κ3) is 6.54. The summed E-state index contributed by atoms with van der Waals surface area (Å²) >= 11 is 18.2. The Morgan fingerprint density at radius 3 is 2.13 bits per heavy atom. The molecule has 3 aromatic carbocycles. The van der Waals surface area contributed by atoms with E-state index in [0.29, 0.717) is 10.0 Å². The van der Waals surface area contributed by atoms with Crippen molar-refractivity contribution in [2.75, 3.05) is 19.6 Å². The van der Waals surface area contributed by atoms with E-state index in [2.05, 4.69) is 17.0 Å². The van der Waals surface area contributed by atoms with Gasteiger partial charge in [0.15, 0.2) is 0 Å². The van der Waals surface area contributed by atoms with E-state index >= 15 is 0 Å². The number of rotatable bonds is 7. The zero-order valence-electron chi connectivity index (χ0n) is 17.0. The molecule has 1 fully saturated rings. The molecule has 0 radical (unpaired) electrons. The summed E-state index contributed by atoms with van der Waals surface area (Å²) < 4.78 is 12.6. The summed E-state index contributed by atoms with van der Waals surface area (Å²) in [5, 5.41) is 2.11. The fourth-order valence-electron chi connectivity index (χ4n) is 3.75. The summed E-state index contributed by atoms with van der Waals surface area (Å²) in [5.74, 6) is 1.55. The van der Waals surface area contributed by atoms with Crippen LogP contribution in [0.5, 0.6) is 11.5 Å². The van der Waals surface area contributed by atoms with Crippen LogP contribution in [-0.4, -0.2) is 36.7 Å². The predicted molar refractivity (Wildman–Crippen MR) is 128 cm³/mol. The Morgan fingerprint density at radius 1 is 0.742 bits per heavy atom. The van der Waals surface area contributed by atoms with Gasteiger partial charge in [0.25, 0.3) is 0 Å². The normalized spacial score (nSPS) is 19.2. The molecule has 0 bridgehead atoms. The molecule has 3 nitrogen and oxygen atoms in total. The van der Waals surface area contributed by atoms with Gasteiger partial charge in [0.05, 0.1) is 0 Å². The maximum Gasteiger partial charge on any atom is 0.148 e. The number of likely N-dealkylation sites (tertiary alicyclic amines) is 1. The number of ether oxygens (including phenoxy) is 2. The molecule has 1 aliphatic heterocycles. The van der Waals surface area contributed by atoms with Crippen LogP contribution in [-0.2, 0) is 6.42 Å².